The molecule has 0 saturated carbocycles. The molecule has 2 unspecified atom stereocenters. The Labute approximate surface area is 166 Å². The summed E-state index contributed by atoms with van der Waals surface area (Å²) in [6.45, 7) is 2.47. The van der Waals surface area contributed by atoms with Crippen molar-refractivity contribution >= 4 is 11.8 Å². The lowest BCUT2D eigenvalue weighted by molar-refractivity contribution is -0.129. The van der Waals surface area contributed by atoms with Gasteiger partial charge in [-0.15, -0.1) is 0 Å². The second-order valence-electron chi connectivity index (χ2n) is 7.41. The van der Waals surface area contributed by atoms with Gasteiger partial charge in [0.15, 0.2) is 0 Å². The normalized spacial score (nSPS) is 17.1. The van der Waals surface area contributed by atoms with Crippen LogP contribution >= 0.6 is 0 Å². The highest BCUT2D eigenvalue weighted by Crippen LogP contribution is 2.14. The van der Waals surface area contributed by atoms with Crippen LogP contribution in [0.1, 0.15) is 30.4 Å². The summed E-state index contributed by atoms with van der Waals surface area (Å²) in [6.07, 6.45) is 2.93. The number of benzene rings is 2. The number of carbonyl (C=O) groups excluding carboxylic acids is 2. The minimum Gasteiger partial charge on any atom is -0.350 e. The van der Waals surface area contributed by atoms with Crippen molar-refractivity contribution in [2.45, 2.75) is 38.3 Å². The molecule has 2 atom stereocenters. The summed E-state index contributed by atoms with van der Waals surface area (Å²) in [5.74, 6) is 0.358. The van der Waals surface area contributed by atoms with Crippen molar-refractivity contribution in [1.82, 2.24) is 16.0 Å². The predicted molar refractivity (Wildman–Crippen MR) is 111 cm³/mol. The molecule has 2 aromatic carbocycles. The van der Waals surface area contributed by atoms with Crippen molar-refractivity contribution in [2.75, 3.05) is 13.1 Å². The lowest BCUT2D eigenvalue weighted by Gasteiger charge is -2.19. The Morgan fingerprint density at radius 2 is 1.68 bits per heavy atom. The van der Waals surface area contributed by atoms with Crippen LogP contribution in [0.25, 0.3) is 0 Å². The molecule has 3 N–H and O–H groups in total. The van der Waals surface area contributed by atoms with E-state index >= 15 is 0 Å². The standard InChI is InChI=1S/C23H29N3O2/c27-22(12-11-20-13-14-24-16-20)26-21(15-18-7-3-1-4-8-18)23(28)25-17-19-9-5-2-6-10-19/h1-10,20-21,24H,11-17H2,(H,25,28)(H,26,27). The third-order valence-electron chi connectivity index (χ3n) is 5.19. The summed E-state index contributed by atoms with van der Waals surface area (Å²) in [5.41, 5.74) is 2.07. The van der Waals surface area contributed by atoms with Crippen LogP contribution in [0, 0.1) is 5.92 Å². The fourth-order valence-electron chi connectivity index (χ4n) is 3.53. The highest BCUT2D eigenvalue weighted by molar-refractivity contribution is 5.87. The average molecular weight is 380 g/mol. The third kappa shape index (κ3) is 6.50. The van der Waals surface area contributed by atoms with E-state index in [0.29, 0.717) is 25.3 Å². The molecule has 1 aliphatic heterocycles. The topological polar surface area (TPSA) is 70.2 Å². The van der Waals surface area contributed by atoms with Crippen LogP contribution in [0.2, 0.25) is 0 Å². The second kappa shape index (κ2) is 10.6. The summed E-state index contributed by atoms with van der Waals surface area (Å²) >= 11 is 0. The minimum atomic E-state index is -0.569. The maximum absolute atomic E-state index is 12.8. The van der Waals surface area contributed by atoms with Crippen LogP contribution in [0.4, 0.5) is 0 Å². The third-order valence-corrected chi connectivity index (χ3v) is 5.19. The largest absolute Gasteiger partial charge is 0.350 e. The van der Waals surface area contributed by atoms with Crippen LogP contribution in [0.3, 0.4) is 0 Å². The first-order valence-corrected chi connectivity index (χ1v) is 10.1. The molecule has 0 bridgehead atoms. The quantitative estimate of drug-likeness (QED) is 0.627. The van der Waals surface area contributed by atoms with Crippen LogP contribution < -0.4 is 16.0 Å². The van der Waals surface area contributed by atoms with E-state index in [1.165, 1.54) is 0 Å². The Balaban J connectivity index is 1.56. The molecular formula is C23H29N3O2. The molecule has 5 nitrogen and oxygen atoms in total. The van der Waals surface area contributed by atoms with Gasteiger partial charge in [-0.3, -0.25) is 9.59 Å². The van der Waals surface area contributed by atoms with Gasteiger partial charge in [-0.1, -0.05) is 60.7 Å². The summed E-state index contributed by atoms with van der Waals surface area (Å²) in [6, 6.07) is 19.0. The molecule has 0 aromatic heterocycles. The van der Waals surface area contributed by atoms with Crippen molar-refractivity contribution in [1.29, 1.82) is 0 Å². The molecule has 1 saturated heterocycles. The van der Waals surface area contributed by atoms with E-state index in [1.54, 1.807) is 0 Å². The Morgan fingerprint density at radius 3 is 2.32 bits per heavy atom. The maximum atomic E-state index is 12.8. The fraction of sp³-hybridized carbons (Fsp3) is 0.391. The van der Waals surface area contributed by atoms with E-state index in [1.807, 2.05) is 60.7 Å². The number of rotatable bonds is 9. The maximum Gasteiger partial charge on any atom is 0.243 e. The molecule has 28 heavy (non-hydrogen) atoms. The Morgan fingerprint density at radius 1 is 1.00 bits per heavy atom. The molecule has 3 rings (SSSR count). The van der Waals surface area contributed by atoms with E-state index in [2.05, 4.69) is 16.0 Å². The monoisotopic (exact) mass is 379 g/mol. The average Bonchev–Trinajstić information content (AvgIpc) is 3.25. The van der Waals surface area contributed by atoms with Crippen molar-refractivity contribution in [3.8, 4) is 0 Å². The smallest absolute Gasteiger partial charge is 0.243 e. The van der Waals surface area contributed by atoms with Gasteiger partial charge in [0.05, 0.1) is 0 Å². The van der Waals surface area contributed by atoms with E-state index in [9.17, 15) is 9.59 Å². The number of hydrogen-bond acceptors (Lipinski definition) is 3. The Kier molecular flexibility index (Phi) is 7.62. The zero-order chi connectivity index (χ0) is 19.6. The van der Waals surface area contributed by atoms with Gasteiger partial charge in [-0.25, -0.2) is 0 Å². The first-order valence-electron chi connectivity index (χ1n) is 10.1. The molecule has 0 radical (unpaired) electrons. The molecule has 148 valence electrons. The van der Waals surface area contributed by atoms with Crippen LogP contribution in [-0.2, 0) is 22.6 Å². The molecule has 2 amide bonds. The van der Waals surface area contributed by atoms with Gasteiger partial charge in [0.2, 0.25) is 11.8 Å². The Hall–Kier alpha value is -2.66. The van der Waals surface area contributed by atoms with Gasteiger partial charge in [0.1, 0.15) is 6.04 Å². The van der Waals surface area contributed by atoms with Gasteiger partial charge in [0.25, 0.3) is 0 Å². The highest BCUT2D eigenvalue weighted by atomic mass is 16.2. The van der Waals surface area contributed by atoms with Crippen LogP contribution in [-0.4, -0.2) is 30.9 Å². The molecule has 0 aliphatic carbocycles. The van der Waals surface area contributed by atoms with E-state index in [0.717, 1.165) is 37.1 Å². The molecular weight excluding hydrogens is 350 g/mol. The van der Waals surface area contributed by atoms with E-state index in [-0.39, 0.29) is 11.8 Å². The number of hydrogen-bond donors (Lipinski definition) is 3. The molecule has 1 fully saturated rings. The summed E-state index contributed by atoms with van der Waals surface area (Å²) in [5, 5.41) is 9.24. The van der Waals surface area contributed by atoms with Crippen LogP contribution in [0.15, 0.2) is 60.7 Å². The first-order chi connectivity index (χ1) is 13.7. The van der Waals surface area contributed by atoms with Gasteiger partial charge < -0.3 is 16.0 Å². The van der Waals surface area contributed by atoms with Gasteiger partial charge >= 0.3 is 0 Å². The van der Waals surface area contributed by atoms with Crippen molar-refractivity contribution in [3.63, 3.8) is 0 Å². The predicted octanol–water partition coefficient (Wildman–Crippen LogP) is 2.42. The summed E-state index contributed by atoms with van der Waals surface area (Å²) in [4.78, 5) is 25.2. The van der Waals surface area contributed by atoms with Crippen molar-refractivity contribution in [3.05, 3.63) is 71.8 Å². The molecule has 1 aliphatic rings. The minimum absolute atomic E-state index is 0.0531. The van der Waals surface area contributed by atoms with Gasteiger partial charge in [-0.05, 0) is 43.0 Å². The van der Waals surface area contributed by atoms with Crippen molar-refractivity contribution < 1.29 is 9.59 Å². The molecule has 2 aromatic rings. The molecule has 1 heterocycles. The first kappa shape index (κ1) is 20.1. The fourth-order valence-corrected chi connectivity index (χ4v) is 3.53. The number of amides is 2. The molecule has 5 heteroatoms. The van der Waals surface area contributed by atoms with Crippen LogP contribution in [0.5, 0.6) is 0 Å². The zero-order valence-electron chi connectivity index (χ0n) is 16.2. The summed E-state index contributed by atoms with van der Waals surface area (Å²) in [7, 11) is 0. The molecule has 0 spiro atoms. The lowest BCUT2D eigenvalue weighted by Crippen LogP contribution is -2.47. The SMILES string of the molecule is O=C(CCC1CCNC1)NC(Cc1ccccc1)C(=O)NCc1ccccc1. The summed E-state index contributed by atoms with van der Waals surface area (Å²) < 4.78 is 0. The van der Waals surface area contributed by atoms with E-state index < -0.39 is 6.04 Å². The lowest BCUT2D eigenvalue weighted by atomic mass is 10.0. The van der Waals surface area contributed by atoms with Crippen molar-refractivity contribution in [2.24, 2.45) is 5.92 Å². The Bertz CT molecular complexity index is 743. The van der Waals surface area contributed by atoms with Gasteiger partial charge in [0, 0.05) is 19.4 Å². The second-order valence-corrected chi connectivity index (χ2v) is 7.41. The highest BCUT2D eigenvalue weighted by Gasteiger charge is 2.22. The van der Waals surface area contributed by atoms with E-state index in [4.69, 9.17) is 0 Å². The number of nitrogens with one attached hydrogen (secondary N) is 3. The zero-order valence-corrected chi connectivity index (χ0v) is 16.2. The number of carbonyl (C=O) groups is 2. The van der Waals surface area contributed by atoms with Gasteiger partial charge in [-0.2, -0.15) is 0 Å².